The summed E-state index contributed by atoms with van der Waals surface area (Å²) in [6.45, 7) is 0. The van der Waals surface area contributed by atoms with Gasteiger partial charge in [-0.3, -0.25) is 0 Å². The molecule has 0 amide bonds. The number of ether oxygens (including phenoxy) is 1. The van der Waals surface area contributed by atoms with Crippen molar-refractivity contribution in [2.75, 3.05) is 14.2 Å². The van der Waals surface area contributed by atoms with Gasteiger partial charge in [-0.05, 0) is 12.1 Å². The van der Waals surface area contributed by atoms with Crippen LogP contribution in [0.1, 0.15) is 10.4 Å². The molecule has 0 saturated carbocycles. The second-order valence-electron chi connectivity index (χ2n) is 2.26. The van der Waals surface area contributed by atoms with E-state index in [9.17, 15) is 4.79 Å². The van der Waals surface area contributed by atoms with E-state index < -0.39 is 0 Å². The number of nitrogens with zero attached hydrogens (tertiary/aromatic N) is 1. The molecule has 3 nitrogen and oxygen atoms in total. The number of hydrogen-bond acceptors (Lipinski definition) is 2. The van der Waals surface area contributed by atoms with E-state index in [-0.39, 0.29) is 57.4 Å². The maximum Gasteiger partial charge on any atom is 1.00 e. The molecule has 1 aromatic carbocycles. The summed E-state index contributed by atoms with van der Waals surface area (Å²) in [4.78, 5) is 11.0. The van der Waals surface area contributed by atoms with Crippen molar-refractivity contribution in [3.63, 3.8) is 0 Å². The summed E-state index contributed by atoms with van der Waals surface area (Å²) in [6.07, 6.45) is 0. The Kier molecular flexibility index (Phi) is 6.62. The van der Waals surface area contributed by atoms with E-state index in [1.807, 2.05) is 0 Å². The molecular weight excluding hydrogens is 193 g/mol. The molecule has 13 heavy (non-hydrogen) atoms. The predicted octanol–water partition coefficient (Wildman–Crippen LogP) is -0.888. The third-order valence-electron chi connectivity index (χ3n) is 1.55. The van der Waals surface area contributed by atoms with E-state index in [1.165, 1.54) is 7.11 Å². The Labute approximate surface area is 120 Å². The van der Waals surface area contributed by atoms with Gasteiger partial charge in [0.1, 0.15) is 0 Å². The summed E-state index contributed by atoms with van der Waals surface area (Å²) >= 11 is 0. The first kappa shape index (κ1) is 13.1. The smallest absolute Gasteiger partial charge is 0.687 e. The zero-order valence-electron chi connectivity index (χ0n) is 8.07. The molecule has 0 unspecified atom stereocenters. The van der Waals surface area contributed by atoms with E-state index in [0.29, 0.717) is 5.56 Å². The van der Waals surface area contributed by atoms with Crippen molar-refractivity contribution in [1.82, 2.24) is 0 Å². The van der Waals surface area contributed by atoms with Crippen LogP contribution in [0.5, 0.6) is 0 Å². The molecule has 0 radical (unpaired) electrons. The fraction of sp³-hybridized carbons (Fsp3) is 0.222. The number of esters is 1. The van der Waals surface area contributed by atoms with Gasteiger partial charge in [0.05, 0.1) is 12.7 Å². The molecule has 0 aromatic heterocycles. The number of carbonyl (C=O) groups excluding carboxylic acids is 1. The van der Waals surface area contributed by atoms with Gasteiger partial charge < -0.3 is 10.1 Å². The number of methoxy groups -OCH3 is 1. The third kappa shape index (κ3) is 3.78. The second kappa shape index (κ2) is 6.56. The normalized spacial score (nSPS) is 8.46. The molecule has 64 valence electrons. The van der Waals surface area contributed by atoms with Crippen molar-refractivity contribution in [3.05, 3.63) is 35.1 Å². The molecule has 0 heterocycles. The van der Waals surface area contributed by atoms with Gasteiger partial charge in [-0.25, -0.2) is 4.79 Å². The summed E-state index contributed by atoms with van der Waals surface area (Å²) in [6, 6.07) is 6.92. The Morgan fingerprint density at radius 3 is 2.23 bits per heavy atom. The molecule has 0 aliphatic heterocycles. The Morgan fingerprint density at radius 2 is 1.85 bits per heavy atom. The van der Waals surface area contributed by atoms with Gasteiger partial charge >= 0.3 is 57.4 Å². The minimum Gasteiger partial charge on any atom is -0.687 e. The van der Waals surface area contributed by atoms with E-state index in [2.05, 4.69) is 10.1 Å². The van der Waals surface area contributed by atoms with Gasteiger partial charge in [0.25, 0.3) is 0 Å². The molecule has 0 saturated heterocycles. The van der Waals surface area contributed by atoms with Gasteiger partial charge in [-0.2, -0.15) is 0 Å². The summed E-state index contributed by atoms with van der Waals surface area (Å²) in [5.74, 6) is -0.322. The first-order valence-electron chi connectivity index (χ1n) is 3.56. The van der Waals surface area contributed by atoms with Gasteiger partial charge in [0.15, 0.2) is 0 Å². The monoisotopic (exact) mass is 203 g/mol. The topological polar surface area (TPSA) is 40.4 Å². The van der Waals surface area contributed by atoms with E-state index in [4.69, 9.17) is 0 Å². The van der Waals surface area contributed by atoms with Gasteiger partial charge in [-0.1, -0.05) is 12.1 Å². The molecule has 0 fully saturated rings. The van der Waals surface area contributed by atoms with Crippen molar-refractivity contribution in [2.24, 2.45) is 0 Å². The molecule has 0 aliphatic carbocycles. The molecular formula is C9H10KNO2. The standard InChI is InChI=1S/C9H11NO2.K/c1-10-8-5-3-7(4-6-8)9(11)12-2;/h3-6H,1-2H3,(H,10,11);/q;+1/p-1. The molecule has 1 rings (SSSR count). The molecule has 0 N–H and O–H groups in total. The SMILES string of the molecule is C[N-]c1ccc(C(=O)OC)cc1.[K+]. The molecule has 0 aliphatic rings. The summed E-state index contributed by atoms with van der Waals surface area (Å²) < 4.78 is 4.54. The maximum absolute atomic E-state index is 11.0. The zero-order valence-corrected chi connectivity index (χ0v) is 11.2. The first-order valence-corrected chi connectivity index (χ1v) is 3.56. The number of benzene rings is 1. The van der Waals surface area contributed by atoms with Crippen LogP contribution in [-0.2, 0) is 4.74 Å². The van der Waals surface area contributed by atoms with Crippen molar-refractivity contribution in [2.45, 2.75) is 0 Å². The van der Waals surface area contributed by atoms with Crippen LogP contribution in [0, 0.1) is 0 Å². The van der Waals surface area contributed by atoms with E-state index >= 15 is 0 Å². The predicted molar refractivity (Wildman–Crippen MR) is 46.7 cm³/mol. The average Bonchev–Trinajstić information content (AvgIpc) is 2.17. The van der Waals surface area contributed by atoms with Gasteiger partial charge in [0, 0.05) is 0 Å². The van der Waals surface area contributed by atoms with E-state index in [1.54, 1.807) is 31.3 Å². The number of hydrogen-bond donors (Lipinski definition) is 0. The molecule has 4 heteroatoms. The van der Waals surface area contributed by atoms with Crippen LogP contribution in [0.15, 0.2) is 24.3 Å². The van der Waals surface area contributed by atoms with Crippen molar-refractivity contribution < 1.29 is 60.9 Å². The number of rotatable bonds is 2. The quantitative estimate of drug-likeness (QED) is 0.462. The number of carbonyl (C=O) groups is 1. The van der Waals surface area contributed by atoms with Crippen LogP contribution in [0.2, 0.25) is 0 Å². The van der Waals surface area contributed by atoms with Crippen molar-refractivity contribution >= 4 is 11.7 Å². The fourth-order valence-electron chi connectivity index (χ4n) is 0.864. The Hall–Kier alpha value is 0.126. The Bertz CT molecular complexity index is 271. The molecule has 0 bridgehead atoms. The third-order valence-corrected chi connectivity index (χ3v) is 1.55. The van der Waals surface area contributed by atoms with Gasteiger partial charge in [-0.15, -0.1) is 12.7 Å². The van der Waals surface area contributed by atoms with Gasteiger partial charge in [0.2, 0.25) is 0 Å². The zero-order chi connectivity index (χ0) is 8.97. The summed E-state index contributed by atoms with van der Waals surface area (Å²) in [5, 5.41) is 3.94. The van der Waals surface area contributed by atoms with Crippen LogP contribution in [0.3, 0.4) is 0 Å². The second-order valence-corrected chi connectivity index (χ2v) is 2.26. The Balaban J connectivity index is 0.00000144. The van der Waals surface area contributed by atoms with Crippen LogP contribution in [0.4, 0.5) is 5.69 Å². The van der Waals surface area contributed by atoms with E-state index in [0.717, 1.165) is 5.69 Å². The fourth-order valence-corrected chi connectivity index (χ4v) is 0.864. The molecule has 0 spiro atoms. The van der Waals surface area contributed by atoms with Crippen LogP contribution in [-0.4, -0.2) is 20.1 Å². The maximum atomic E-state index is 11.0. The van der Waals surface area contributed by atoms with Crippen LogP contribution in [0.25, 0.3) is 5.32 Å². The van der Waals surface area contributed by atoms with Crippen molar-refractivity contribution in [3.8, 4) is 0 Å². The first-order chi connectivity index (χ1) is 5.77. The van der Waals surface area contributed by atoms with Crippen LogP contribution < -0.4 is 51.4 Å². The average molecular weight is 203 g/mol. The largest absolute Gasteiger partial charge is 1.00 e. The minimum atomic E-state index is -0.322. The Morgan fingerprint density at radius 1 is 1.31 bits per heavy atom. The van der Waals surface area contributed by atoms with Crippen LogP contribution >= 0.6 is 0 Å². The summed E-state index contributed by atoms with van der Waals surface area (Å²) in [7, 11) is 3.06. The molecule has 1 aromatic rings. The molecule has 0 atom stereocenters. The summed E-state index contributed by atoms with van der Waals surface area (Å²) in [5.41, 5.74) is 1.40. The van der Waals surface area contributed by atoms with Crippen molar-refractivity contribution in [1.29, 1.82) is 0 Å². The minimum absolute atomic E-state index is 0.